The number of hydrogen-bond donors (Lipinski definition) is 2. The third kappa shape index (κ3) is 2.66. The predicted molar refractivity (Wildman–Crippen MR) is 72.5 cm³/mol. The van der Waals surface area contributed by atoms with Gasteiger partial charge >= 0.3 is 0 Å². The highest BCUT2D eigenvalue weighted by molar-refractivity contribution is 6.04. The molecule has 1 aromatic heterocycles. The molecule has 1 amide bonds. The van der Waals surface area contributed by atoms with Gasteiger partial charge in [-0.3, -0.25) is 9.78 Å². The molecule has 0 aliphatic rings. The number of carbonyl (C=O) groups excluding carboxylic acids is 1. The number of nitrogen functional groups attached to an aromatic ring is 1. The van der Waals surface area contributed by atoms with E-state index in [1.54, 1.807) is 24.4 Å². The van der Waals surface area contributed by atoms with Crippen LogP contribution in [0.2, 0.25) is 0 Å². The maximum absolute atomic E-state index is 12.0. The first-order valence-electron chi connectivity index (χ1n) is 5.66. The molecule has 0 saturated carbocycles. The van der Waals surface area contributed by atoms with Crippen LogP contribution >= 0.6 is 0 Å². The molecule has 2 aromatic rings. The lowest BCUT2D eigenvalue weighted by Gasteiger charge is -2.07. The van der Waals surface area contributed by atoms with Crippen LogP contribution in [0.5, 0.6) is 0 Å². The Hall–Kier alpha value is -2.36. The second-order valence-corrected chi connectivity index (χ2v) is 4.21. The molecule has 0 bridgehead atoms. The summed E-state index contributed by atoms with van der Waals surface area (Å²) in [6.45, 7) is 3.78. The predicted octanol–water partition coefficient (Wildman–Crippen LogP) is 2.53. The molecule has 18 heavy (non-hydrogen) atoms. The summed E-state index contributed by atoms with van der Waals surface area (Å²) in [4.78, 5) is 16.1. The highest BCUT2D eigenvalue weighted by Gasteiger charge is 2.07. The van der Waals surface area contributed by atoms with Gasteiger partial charge < -0.3 is 11.1 Å². The van der Waals surface area contributed by atoms with Gasteiger partial charge in [0.05, 0.1) is 0 Å². The fourth-order valence-electron chi connectivity index (χ4n) is 1.61. The van der Waals surface area contributed by atoms with Crippen molar-refractivity contribution in [1.29, 1.82) is 0 Å². The van der Waals surface area contributed by atoms with Crippen molar-refractivity contribution in [2.75, 3.05) is 11.1 Å². The lowest BCUT2D eigenvalue weighted by atomic mass is 10.1. The lowest BCUT2D eigenvalue weighted by molar-refractivity contribution is 0.102. The van der Waals surface area contributed by atoms with Gasteiger partial charge in [0.1, 0.15) is 0 Å². The Kier molecular flexibility index (Phi) is 3.28. The van der Waals surface area contributed by atoms with Crippen molar-refractivity contribution in [3.05, 3.63) is 53.3 Å². The molecule has 4 nitrogen and oxygen atoms in total. The summed E-state index contributed by atoms with van der Waals surface area (Å²) in [6.07, 6.45) is 1.66. The molecule has 2 rings (SSSR count). The van der Waals surface area contributed by atoms with Crippen molar-refractivity contribution in [2.24, 2.45) is 0 Å². The molecule has 0 aliphatic heterocycles. The number of hydrogen-bond acceptors (Lipinski definition) is 3. The highest BCUT2D eigenvalue weighted by atomic mass is 16.1. The molecule has 0 spiro atoms. The molecule has 3 N–H and O–H groups in total. The zero-order chi connectivity index (χ0) is 13.1. The number of aryl methyl sites for hydroxylation is 2. The standard InChI is InChI=1S/C14H15N3O/c1-9-3-4-11(8-13(9)15)14(18)17-12-5-6-16-10(2)7-12/h3-8H,15H2,1-2H3,(H,16,17,18). The van der Waals surface area contributed by atoms with Crippen LogP contribution in [0.3, 0.4) is 0 Å². The first-order chi connectivity index (χ1) is 8.56. The molecular weight excluding hydrogens is 226 g/mol. The summed E-state index contributed by atoms with van der Waals surface area (Å²) >= 11 is 0. The van der Waals surface area contributed by atoms with Crippen LogP contribution in [0.4, 0.5) is 11.4 Å². The van der Waals surface area contributed by atoms with Crippen LogP contribution in [-0.2, 0) is 0 Å². The molecule has 0 radical (unpaired) electrons. The molecule has 1 aromatic carbocycles. The van der Waals surface area contributed by atoms with E-state index in [-0.39, 0.29) is 5.91 Å². The summed E-state index contributed by atoms with van der Waals surface area (Å²) in [5.41, 5.74) is 9.50. The van der Waals surface area contributed by atoms with E-state index in [1.165, 1.54) is 0 Å². The van der Waals surface area contributed by atoms with Gasteiger partial charge in [0.2, 0.25) is 0 Å². The number of rotatable bonds is 2. The van der Waals surface area contributed by atoms with E-state index >= 15 is 0 Å². The van der Waals surface area contributed by atoms with Gasteiger partial charge in [-0.05, 0) is 43.7 Å². The number of carbonyl (C=O) groups is 1. The Balaban J connectivity index is 2.19. The second kappa shape index (κ2) is 4.87. The number of nitrogens with zero attached hydrogens (tertiary/aromatic N) is 1. The first-order valence-corrected chi connectivity index (χ1v) is 5.66. The minimum absolute atomic E-state index is 0.174. The Labute approximate surface area is 106 Å². The van der Waals surface area contributed by atoms with Gasteiger partial charge in [-0.15, -0.1) is 0 Å². The van der Waals surface area contributed by atoms with Crippen molar-refractivity contribution in [3.63, 3.8) is 0 Å². The molecule has 0 saturated heterocycles. The number of amides is 1. The van der Waals surface area contributed by atoms with Crippen molar-refractivity contribution < 1.29 is 4.79 Å². The molecule has 1 heterocycles. The smallest absolute Gasteiger partial charge is 0.255 e. The van der Waals surface area contributed by atoms with Crippen molar-refractivity contribution in [2.45, 2.75) is 13.8 Å². The molecule has 0 atom stereocenters. The van der Waals surface area contributed by atoms with Gasteiger partial charge in [0.15, 0.2) is 0 Å². The highest BCUT2D eigenvalue weighted by Crippen LogP contribution is 2.15. The second-order valence-electron chi connectivity index (χ2n) is 4.21. The summed E-state index contributed by atoms with van der Waals surface area (Å²) in [5, 5.41) is 2.81. The minimum atomic E-state index is -0.174. The van der Waals surface area contributed by atoms with Crippen LogP contribution in [0.1, 0.15) is 21.6 Å². The maximum Gasteiger partial charge on any atom is 0.255 e. The van der Waals surface area contributed by atoms with Crippen LogP contribution < -0.4 is 11.1 Å². The molecule has 0 unspecified atom stereocenters. The van der Waals surface area contributed by atoms with E-state index < -0.39 is 0 Å². The largest absolute Gasteiger partial charge is 0.398 e. The maximum atomic E-state index is 12.0. The number of nitrogens with one attached hydrogen (secondary N) is 1. The molecule has 4 heteroatoms. The molecule has 0 aliphatic carbocycles. The molecule has 92 valence electrons. The topological polar surface area (TPSA) is 68.0 Å². The van der Waals surface area contributed by atoms with Gasteiger partial charge in [-0.25, -0.2) is 0 Å². The Morgan fingerprint density at radius 3 is 2.67 bits per heavy atom. The Bertz CT molecular complexity index is 593. The fourth-order valence-corrected chi connectivity index (χ4v) is 1.61. The average Bonchev–Trinajstić information content (AvgIpc) is 2.32. The first kappa shape index (κ1) is 12.1. The van der Waals surface area contributed by atoms with E-state index in [4.69, 9.17) is 5.73 Å². The Morgan fingerprint density at radius 2 is 2.00 bits per heavy atom. The van der Waals surface area contributed by atoms with Gasteiger partial charge in [0.25, 0.3) is 5.91 Å². The third-order valence-electron chi connectivity index (χ3n) is 2.70. The fraction of sp³-hybridized carbons (Fsp3) is 0.143. The summed E-state index contributed by atoms with van der Waals surface area (Å²) in [5.74, 6) is -0.174. The van der Waals surface area contributed by atoms with Gasteiger partial charge in [0, 0.05) is 28.8 Å². The average molecular weight is 241 g/mol. The quantitative estimate of drug-likeness (QED) is 0.794. The lowest BCUT2D eigenvalue weighted by Crippen LogP contribution is -2.12. The summed E-state index contributed by atoms with van der Waals surface area (Å²) in [6, 6.07) is 8.84. The van der Waals surface area contributed by atoms with Crippen LogP contribution in [0, 0.1) is 13.8 Å². The van der Waals surface area contributed by atoms with E-state index in [0.717, 1.165) is 16.9 Å². The zero-order valence-corrected chi connectivity index (χ0v) is 10.4. The van der Waals surface area contributed by atoms with Gasteiger partial charge in [-0.1, -0.05) is 6.07 Å². The van der Waals surface area contributed by atoms with E-state index in [2.05, 4.69) is 10.3 Å². The van der Waals surface area contributed by atoms with Crippen LogP contribution in [0.25, 0.3) is 0 Å². The Morgan fingerprint density at radius 1 is 1.22 bits per heavy atom. The van der Waals surface area contributed by atoms with Crippen molar-refractivity contribution >= 4 is 17.3 Å². The number of nitrogens with two attached hydrogens (primary N) is 1. The third-order valence-corrected chi connectivity index (χ3v) is 2.70. The number of aromatic nitrogens is 1. The summed E-state index contributed by atoms with van der Waals surface area (Å²) < 4.78 is 0. The monoisotopic (exact) mass is 241 g/mol. The van der Waals surface area contributed by atoms with E-state index in [0.29, 0.717) is 11.3 Å². The minimum Gasteiger partial charge on any atom is -0.398 e. The summed E-state index contributed by atoms with van der Waals surface area (Å²) in [7, 11) is 0. The van der Waals surface area contributed by atoms with E-state index in [1.807, 2.05) is 26.0 Å². The number of anilines is 2. The SMILES string of the molecule is Cc1cc(NC(=O)c2ccc(C)c(N)c2)ccn1. The van der Waals surface area contributed by atoms with Gasteiger partial charge in [-0.2, -0.15) is 0 Å². The number of pyridine rings is 1. The molecular formula is C14H15N3O. The number of benzene rings is 1. The zero-order valence-electron chi connectivity index (χ0n) is 10.4. The van der Waals surface area contributed by atoms with Crippen LogP contribution in [-0.4, -0.2) is 10.9 Å². The normalized spacial score (nSPS) is 10.1. The van der Waals surface area contributed by atoms with Crippen molar-refractivity contribution in [1.82, 2.24) is 4.98 Å². The van der Waals surface area contributed by atoms with Crippen molar-refractivity contribution in [3.8, 4) is 0 Å². The van der Waals surface area contributed by atoms with E-state index in [9.17, 15) is 4.79 Å². The van der Waals surface area contributed by atoms with Crippen LogP contribution in [0.15, 0.2) is 36.5 Å². The molecule has 0 fully saturated rings.